The van der Waals surface area contributed by atoms with Gasteiger partial charge in [-0.3, -0.25) is 0 Å². The number of fused-ring (bicyclic) bond motifs is 1. The van der Waals surface area contributed by atoms with E-state index in [0.29, 0.717) is 12.1 Å². The highest BCUT2D eigenvalue weighted by Gasteiger charge is 2.41. The predicted molar refractivity (Wildman–Crippen MR) is 102 cm³/mol. The quantitative estimate of drug-likeness (QED) is 0.868. The van der Waals surface area contributed by atoms with Crippen LogP contribution in [0.15, 0.2) is 54.6 Å². The largest absolute Gasteiger partial charge is 0.496 e. The van der Waals surface area contributed by atoms with Gasteiger partial charge in [-0.15, -0.1) is 0 Å². The lowest BCUT2D eigenvalue weighted by atomic mass is 9.78. The molecule has 1 saturated carbocycles. The van der Waals surface area contributed by atoms with Crippen molar-refractivity contribution in [1.29, 1.82) is 0 Å². The van der Waals surface area contributed by atoms with E-state index in [1.54, 1.807) is 7.11 Å². The third kappa shape index (κ3) is 3.44. The van der Waals surface area contributed by atoms with E-state index in [9.17, 15) is 0 Å². The van der Waals surface area contributed by atoms with Gasteiger partial charge in [-0.2, -0.15) is 0 Å². The summed E-state index contributed by atoms with van der Waals surface area (Å²) in [5.41, 5.74) is 2.63. The first-order valence-electron chi connectivity index (χ1n) is 9.50. The molecule has 1 heterocycles. The molecule has 4 unspecified atom stereocenters. The summed E-state index contributed by atoms with van der Waals surface area (Å²) >= 11 is 0. The second-order valence-corrected chi connectivity index (χ2v) is 7.37. The average molecular weight is 336 g/mol. The van der Waals surface area contributed by atoms with Crippen LogP contribution in [-0.4, -0.2) is 19.7 Å². The summed E-state index contributed by atoms with van der Waals surface area (Å²) in [6.07, 6.45) is 4.08. The van der Waals surface area contributed by atoms with E-state index in [4.69, 9.17) is 4.74 Å². The van der Waals surface area contributed by atoms with Gasteiger partial charge in [-0.1, -0.05) is 55.0 Å². The monoisotopic (exact) mass is 336 g/mol. The van der Waals surface area contributed by atoms with Gasteiger partial charge in [0, 0.05) is 24.2 Å². The molecule has 4 rings (SSSR count). The molecule has 132 valence electrons. The lowest BCUT2D eigenvalue weighted by Gasteiger charge is -2.42. The van der Waals surface area contributed by atoms with Crippen LogP contribution < -0.4 is 15.4 Å². The van der Waals surface area contributed by atoms with E-state index >= 15 is 0 Å². The van der Waals surface area contributed by atoms with E-state index in [2.05, 4.69) is 53.1 Å². The van der Waals surface area contributed by atoms with Crippen molar-refractivity contribution in [3.63, 3.8) is 0 Å². The number of nitrogens with one attached hydrogen (secondary N) is 2. The zero-order valence-electron chi connectivity index (χ0n) is 14.9. The third-order valence-corrected chi connectivity index (χ3v) is 6.02. The molecular formula is C22H28N2O. The van der Waals surface area contributed by atoms with E-state index in [-0.39, 0.29) is 0 Å². The minimum absolute atomic E-state index is 0.384. The second-order valence-electron chi connectivity index (χ2n) is 7.37. The van der Waals surface area contributed by atoms with Gasteiger partial charge in [0.1, 0.15) is 5.75 Å². The predicted octanol–water partition coefficient (Wildman–Crippen LogP) is 3.91. The van der Waals surface area contributed by atoms with E-state index in [1.807, 2.05) is 12.1 Å². The van der Waals surface area contributed by atoms with Crippen molar-refractivity contribution in [3.8, 4) is 5.75 Å². The van der Waals surface area contributed by atoms with Crippen molar-refractivity contribution in [3.05, 3.63) is 65.7 Å². The second kappa shape index (κ2) is 7.59. The molecule has 0 bridgehead atoms. The van der Waals surface area contributed by atoms with Crippen molar-refractivity contribution in [2.75, 3.05) is 13.7 Å². The van der Waals surface area contributed by atoms with Gasteiger partial charge in [0.15, 0.2) is 0 Å². The Kier molecular flexibility index (Phi) is 5.04. The first kappa shape index (κ1) is 16.6. The lowest BCUT2D eigenvalue weighted by molar-refractivity contribution is 0.171. The number of methoxy groups -OCH3 is 1. The molecule has 2 N–H and O–H groups in total. The standard InChI is InChI=1S/C22H28N2O/c1-25-20-13-6-5-10-18(20)15-24-22-19-12-7-11-17(19)14-23-21(22)16-8-3-2-4-9-16/h2-6,8-10,13,17,19,21-24H,7,11-12,14-15H2,1H3. The molecule has 0 radical (unpaired) electrons. The van der Waals surface area contributed by atoms with Crippen LogP contribution in [0.2, 0.25) is 0 Å². The zero-order valence-corrected chi connectivity index (χ0v) is 14.9. The van der Waals surface area contributed by atoms with E-state index < -0.39 is 0 Å². The molecule has 1 aliphatic carbocycles. The Labute approximate surface area is 150 Å². The van der Waals surface area contributed by atoms with Crippen molar-refractivity contribution in [2.45, 2.75) is 37.9 Å². The van der Waals surface area contributed by atoms with Crippen LogP contribution in [-0.2, 0) is 6.54 Å². The Bertz CT molecular complexity index is 687. The first-order valence-corrected chi connectivity index (χ1v) is 9.50. The van der Waals surface area contributed by atoms with Crippen LogP contribution in [0.4, 0.5) is 0 Å². The average Bonchev–Trinajstić information content (AvgIpc) is 3.16. The SMILES string of the molecule is COc1ccccc1CNC1C(c2ccccc2)NCC2CCCC21. The number of benzene rings is 2. The van der Waals surface area contributed by atoms with Crippen molar-refractivity contribution in [1.82, 2.24) is 10.6 Å². The van der Waals surface area contributed by atoms with Crippen LogP contribution in [0.3, 0.4) is 0 Å². The van der Waals surface area contributed by atoms with Crippen LogP contribution in [0.1, 0.15) is 36.4 Å². The lowest BCUT2D eigenvalue weighted by Crippen LogP contribution is -2.53. The highest BCUT2D eigenvalue weighted by atomic mass is 16.5. The van der Waals surface area contributed by atoms with E-state index in [0.717, 1.165) is 30.7 Å². The van der Waals surface area contributed by atoms with Gasteiger partial charge in [0.25, 0.3) is 0 Å². The maximum Gasteiger partial charge on any atom is 0.123 e. The molecule has 1 aliphatic heterocycles. The highest BCUT2D eigenvalue weighted by molar-refractivity contribution is 5.33. The van der Waals surface area contributed by atoms with Crippen LogP contribution in [0, 0.1) is 11.8 Å². The Morgan fingerprint density at radius 1 is 1.04 bits per heavy atom. The summed E-state index contributed by atoms with van der Waals surface area (Å²) in [7, 11) is 1.75. The Hall–Kier alpha value is -1.84. The summed E-state index contributed by atoms with van der Waals surface area (Å²) in [4.78, 5) is 0. The first-order chi connectivity index (χ1) is 12.4. The summed E-state index contributed by atoms with van der Waals surface area (Å²) in [6.45, 7) is 2.00. The fourth-order valence-electron chi connectivity index (χ4n) is 4.78. The summed E-state index contributed by atoms with van der Waals surface area (Å²) in [5.74, 6) is 2.55. The van der Waals surface area contributed by atoms with Crippen molar-refractivity contribution >= 4 is 0 Å². The molecule has 2 aliphatic rings. The molecule has 0 amide bonds. The van der Waals surface area contributed by atoms with Gasteiger partial charge < -0.3 is 15.4 Å². The van der Waals surface area contributed by atoms with Crippen LogP contribution in [0.5, 0.6) is 5.75 Å². The fourth-order valence-corrected chi connectivity index (χ4v) is 4.78. The molecule has 0 aromatic heterocycles. The molecule has 3 nitrogen and oxygen atoms in total. The maximum absolute atomic E-state index is 5.53. The maximum atomic E-state index is 5.53. The number of hydrogen-bond donors (Lipinski definition) is 2. The van der Waals surface area contributed by atoms with Gasteiger partial charge >= 0.3 is 0 Å². The fraction of sp³-hybridized carbons (Fsp3) is 0.455. The molecule has 2 aromatic carbocycles. The Balaban J connectivity index is 1.56. The highest BCUT2D eigenvalue weighted by Crippen LogP contribution is 2.41. The molecule has 2 fully saturated rings. The van der Waals surface area contributed by atoms with Crippen molar-refractivity contribution < 1.29 is 4.74 Å². The molecule has 2 aromatic rings. The topological polar surface area (TPSA) is 33.3 Å². The summed E-state index contributed by atoms with van der Waals surface area (Å²) in [6, 6.07) is 20.1. The van der Waals surface area contributed by atoms with Crippen LogP contribution in [0.25, 0.3) is 0 Å². The number of hydrogen-bond acceptors (Lipinski definition) is 3. The summed E-state index contributed by atoms with van der Waals surface area (Å²) < 4.78 is 5.53. The number of ether oxygens (including phenoxy) is 1. The van der Waals surface area contributed by atoms with E-state index in [1.165, 1.54) is 30.4 Å². The van der Waals surface area contributed by atoms with Gasteiger partial charge in [-0.25, -0.2) is 0 Å². The Morgan fingerprint density at radius 3 is 2.68 bits per heavy atom. The normalized spacial score (nSPS) is 28.5. The van der Waals surface area contributed by atoms with Crippen LogP contribution >= 0.6 is 0 Å². The van der Waals surface area contributed by atoms with Gasteiger partial charge in [0.05, 0.1) is 7.11 Å². The molecular weight excluding hydrogens is 308 g/mol. The molecule has 4 atom stereocenters. The van der Waals surface area contributed by atoms with Crippen molar-refractivity contribution in [2.24, 2.45) is 11.8 Å². The minimum Gasteiger partial charge on any atom is -0.496 e. The molecule has 0 spiro atoms. The van der Waals surface area contributed by atoms with Gasteiger partial charge in [0.2, 0.25) is 0 Å². The molecule has 3 heteroatoms. The molecule has 25 heavy (non-hydrogen) atoms. The van der Waals surface area contributed by atoms with Gasteiger partial charge in [-0.05, 0) is 42.9 Å². The number of rotatable bonds is 5. The zero-order chi connectivity index (χ0) is 17.1. The smallest absolute Gasteiger partial charge is 0.123 e. The minimum atomic E-state index is 0.384. The third-order valence-electron chi connectivity index (χ3n) is 6.02. The number of piperidine rings is 1. The summed E-state index contributed by atoms with van der Waals surface area (Å²) in [5, 5.41) is 7.72. The Morgan fingerprint density at radius 2 is 1.84 bits per heavy atom. The number of para-hydroxylation sites is 1. The molecule has 1 saturated heterocycles.